The van der Waals surface area contributed by atoms with Gasteiger partial charge in [0, 0.05) is 49.2 Å². The molecule has 6 heteroatoms. The van der Waals surface area contributed by atoms with Gasteiger partial charge in [0.1, 0.15) is 11.5 Å². The molecule has 0 radical (unpaired) electrons. The van der Waals surface area contributed by atoms with E-state index >= 15 is 0 Å². The standard InChI is InChI=1S/C27H27FN4O/c1-17-3-6-20(13-18(17)2)25-26(30-11-10-29-25)27(33)32(16-19-4-5-19)12-9-21-15-31-24-14-22(28)7-8-23(21)24/h3,6-8,10-11,13,15,19H,4-5,9,12,14,16H2,1-2H3. The van der Waals surface area contributed by atoms with Crippen LogP contribution in [0.2, 0.25) is 0 Å². The lowest BCUT2D eigenvalue weighted by Crippen LogP contribution is -2.35. The van der Waals surface area contributed by atoms with Crippen molar-refractivity contribution in [2.24, 2.45) is 10.9 Å². The SMILES string of the molecule is Cc1ccc(-c2nccnc2C(=O)N(CCC2=CN=C3CC(F)=CC=C23)CC2CC2)cc1C. The fourth-order valence-corrected chi connectivity index (χ4v) is 4.30. The molecule has 33 heavy (non-hydrogen) atoms. The lowest BCUT2D eigenvalue weighted by Gasteiger charge is -2.24. The summed E-state index contributed by atoms with van der Waals surface area (Å²) in [5, 5.41) is 0. The predicted molar refractivity (Wildman–Crippen MR) is 128 cm³/mol. The van der Waals surface area contributed by atoms with E-state index in [4.69, 9.17) is 0 Å². The van der Waals surface area contributed by atoms with E-state index in [0.717, 1.165) is 47.4 Å². The van der Waals surface area contributed by atoms with E-state index in [-0.39, 0.29) is 18.2 Å². The Morgan fingerprint density at radius 1 is 1.12 bits per heavy atom. The van der Waals surface area contributed by atoms with Gasteiger partial charge in [0.25, 0.3) is 5.91 Å². The molecule has 5 nitrogen and oxygen atoms in total. The first-order valence-corrected chi connectivity index (χ1v) is 11.5. The number of fused-ring (bicyclic) bond motifs is 1. The van der Waals surface area contributed by atoms with Crippen LogP contribution in [-0.2, 0) is 0 Å². The number of hydrogen-bond acceptors (Lipinski definition) is 4. The number of carbonyl (C=O) groups is 1. The summed E-state index contributed by atoms with van der Waals surface area (Å²) < 4.78 is 13.6. The highest BCUT2D eigenvalue weighted by Gasteiger charge is 2.30. The summed E-state index contributed by atoms with van der Waals surface area (Å²) >= 11 is 0. The number of nitrogens with zero attached hydrogens (tertiary/aromatic N) is 4. The Bertz CT molecular complexity index is 1240. The normalized spacial score (nSPS) is 17.1. The zero-order chi connectivity index (χ0) is 22.9. The summed E-state index contributed by atoms with van der Waals surface area (Å²) in [6.45, 7) is 5.41. The molecule has 2 aromatic rings. The van der Waals surface area contributed by atoms with Crippen molar-refractivity contribution in [2.45, 2.75) is 39.5 Å². The van der Waals surface area contributed by atoms with Gasteiger partial charge in [0.05, 0.1) is 5.71 Å². The number of aromatic nitrogens is 2. The zero-order valence-electron chi connectivity index (χ0n) is 19.0. The summed E-state index contributed by atoms with van der Waals surface area (Å²) in [6.07, 6.45) is 11.6. The molecule has 0 N–H and O–H groups in total. The van der Waals surface area contributed by atoms with Gasteiger partial charge < -0.3 is 4.90 Å². The van der Waals surface area contributed by atoms with Crippen LogP contribution in [0.3, 0.4) is 0 Å². The number of aliphatic imine (C=N–C) groups is 1. The van der Waals surface area contributed by atoms with E-state index in [1.807, 2.05) is 17.2 Å². The van der Waals surface area contributed by atoms with Crippen molar-refractivity contribution < 1.29 is 9.18 Å². The van der Waals surface area contributed by atoms with Gasteiger partial charge in [-0.15, -0.1) is 0 Å². The lowest BCUT2D eigenvalue weighted by atomic mass is 9.95. The number of hydrogen-bond donors (Lipinski definition) is 0. The molecule has 5 rings (SSSR count). The van der Waals surface area contributed by atoms with Gasteiger partial charge in [-0.1, -0.05) is 18.2 Å². The maximum atomic E-state index is 13.7. The van der Waals surface area contributed by atoms with Crippen LogP contribution in [0.25, 0.3) is 11.3 Å². The van der Waals surface area contributed by atoms with Gasteiger partial charge >= 0.3 is 0 Å². The Kier molecular flexibility index (Phi) is 5.75. The number of benzene rings is 1. The molecule has 2 aliphatic carbocycles. The smallest absolute Gasteiger partial charge is 0.274 e. The molecule has 2 heterocycles. The Morgan fingerprint density at radius 2 is 1.94 bits per heavy atom. The Hall–Kier alpha value is -3.41. The molecule has 1 fully saturated rings. The maximum absolute atomic E-state index is 13.7. The highest BCUT2D eigenvalue weighted by molar-refractivity contribution is 6.08. The predicted octanol–water partition coefficient (Wildman–Crippen LogP) is 5.52. The topological polar surface area (TPSA) is 58.5 Å². The number of carbonyl (C=O) groups excluding carboxylic acids is 1. The van der Waals surface area contributed by atoms with E-state index in [0.29, 0.717) is 30.3 Å². The van der Waals surface area contributed by atoms with E-state index in [2.05, 4.69) is 40.9 Å². The van der Waals surface area contributed by atoms with Gasteiger partial charge in [-0.3, -0.25) is 14.8 Å². The molecule has 1 aromatic heterocycles. The number of rotatable bonds is 7. The van der Waals surface area contributed by atoms with Gasteiger partial charge in [-0.05, 0) is 67.9 Å². The molecule has 1 amide bonds. The van der Waals surface area contributed by atoms with Crippen molar-refractivity contribution >= 4 is 11.6 Å². The molecule has 168 valence electrons. The third kappa shape index (κ3) is 4.56. The minimum atomic E-state index is -0.167. The summed E-state index contributed by atoms with van der Waals surface area (Å²) in [6, 6.07) is 6.11. The van der Waals surface area contributed by atoms with Crippen molar-refractivity contribution in [3.63, 3.8) is 0 Å². The van der Waals surface area contributed by atoms with E-state index < -0.39 is 0 Å². The number of halogens is 1. The second kappa shape index (κ2) is 8.85. The second-order valence-corrected chi connectivity index (χ2v) is 9.10. The van der Waals surface area contributed by atoms with Crippen molar-refractivity contribution in [3.05, 3.63) is 82.7 Å². The van der Waals surface area contributed by atoms with Crippen LogP contribution < -0.4 is 0 Å². The molecule has 0 spiro atoms. The largest absolute Gasteiger partial charge is 0.337 e. The number of allylic oxidation sites excluding steroid dienone is 4. The first-order valence-electron chi connectivity index (χ1n) is 11.5. The number of amides is 1. The van der Waals surface area contributed by atoms with Crippen molar-refractivity contribution in [2.75, 3.05) is 13.1 Å². The Morgan fingerprint density at radius 3 is 2.73 bits per heavy atom. The molecule has 0 bridgehead atoms. The first kappa shape index (κ1) is 21.4. The highest BCUT2D eigenvalue weighted by atomic mass is 19.1. The molecule has 1 aromatic carbocycles. The fourth-order valence-electron chi connectivity index (χ4n) is 4.30. The molecule has 0 atom stereocenters. The number of aryl methyl sites for hydroxylation is 2. The lowest BCUT2D eigenvalue weighted by molar-refractivity contribution is 0.0744. The van der Waals surface area contributed by atoms with E-state index in [1.165, 1.54) is 11.6 Å². The second-order valence-electron chi connectivity index (χ2n) is 9.10. The van der Waals surface area contributed by atoms with Gasteiger partial charge in [0.15, 0.2) is 5.69 Å². The molecule has 1 aliphatic heterocycles. The average Bonchev–Trinajstić information content (AvgIpc) is 3.56. The third-order valence-electron chi connectivity index (χ3n) is 6.60. The van der Waals surface area contributed by atoms with Crippen LogP contribution in [0.1, 0.15) is 47.3 Å². The van der Waals surface area contributed by atoms with Crippen LogP contribution in [0, 0.1) is 19.8 Å². The third-order valence-corrected chi connectivity index (χ3v) is 6.60. The quantitative estimate of drug-likeness (QED) is 0.567. The van der Waals surface area contributed by atoms with Crippen LogP contribution in [0.15, 0.2) is 70.9 Å². The minimum Gasteiger partial charge on any atom is -0.337 e. The van der Waals surface area contributed by atoms with Crippen LogP contribution in [0.4, 0.5) is 4.39 Å². The van der Waals surface area contributed by atoms with Crippen LogP contribution in [-0.4, -0.2) is 39.6 Å². The first-order chi connectivity index (χ1) is 16.0. The molecule has 0 saturated heterocycles. The monoisotopic (exact) mass is 442 g/mol. The molecule has 0 unspecified atom stereocenters. The van der Waals surface area contributed by atoms with Crippen LogP contribution in [0.5, 0.6) is 0 Å². The van der Waals surface area contributed by atoms with E-state index in [1.54, 1.807) is 18.5 Å². The molecular weight excluding hydrogens is 415 g/mol. The zero-order valence-corrected chi connectivity index (χ0v) is 19.0. The summed E-state index contributed by atoms with van der Waals surface area (Å²) in [5.74, 6) is 0.289. The van der Waals surface area contributed by atoms with Crippen LogP contribution >= 0.6 is 0 Å². The van der Waals surface area contributed by atoms with Gasteiger partial charge in [-0.25, -0.2) is 9.37 Å². The molecular formula is C27H27FN4O. The van der Waals surface area contributed by atoms with E-state index in [9.17, 15) is 9.18 Å². The van der Waals surface area contributed by atoms with Crippen molar-refractivity contribution in [1.82, 2.24) is 14.9 Å². The summed E-state index contributed by atoms with van der Waals surface area (Å²) in [4.78, 5) is 29.0. The van der Waals surface area contributed by atoms with Crippen molar-refractivity contribution in [3.8, 4) is 11.3 Å². The average molecular weight is 443 g/mol. The fraction of sp³-hybridized carbons (Fsp3) is 0.333. The van der Waals surface area contributed by atoms with Crippen molar-refractivity contribution in [1.29, 1.82) is 0 Å². The maximum Gasteiger partial charge on any atom is 0.274 e. The molecule has 1 saturated carbocycles. The summed E-state index contributed by atoms with van der Waals surface area (Å²) in [7, 11) is 0. The molecule has 3 aliphatic rings. The Labute approximate surface area is 193 Å². The van der Waals surface area contributed by atoms with Gasteiger partial charge in [0.2, 0.25) is 0 Å². The van der Waals surface area contributed by atoms with Gasteiger partial charge in [-0.2, -0.15) is 0 Å². The Balaban J connectivity index is 1.38. The minimum absolute atomic E-state index is 0.0912. The summed E-state index contributed by atoms with van der Waals surface area (Å²) in [5.41, 5.74) is 7.08. The highest BCUT2D eigenvalue weighted by Crippen LogP contribution is 2.33.